The van der Waals surface area contributed by atoms with Crippen molar-refractivity contribution >= 4 is 0 Å². The molecule has 3 aromatic rings. The monoisotopic (exact) mass is 394 g/mol. The first-order valence-electron chi connectivity index (χ1n) is 10.5. The van der Waals surface area contributed by atoms with E-state index < -0.39 is 0 Å². The summed E-state index contributed by atoms with van der Waals surface area (Å²) in [6, 6.07) is 2.80. The van der Waals surface area contributed by atoms with Crippen LogP contribution >= 0.6 is 0 Å². The van der Waals surface area contributed by atoms with E-state index in [9.17, 15) is 0 Å². The van der Waals surface area contributed by atoms with Crippen LogP contribution in [0.4, 0.5) is 0 Å². The molecule has 7 nitrogen and oxygen atoms in total. The van der Waals surface area contributed by atoms with E-state index in [0.29, 0.717) is 11.9 Å². The smallest absolute Gasteiger partial charge is 0.165 e. The Labute approximate surface area is 172 Å². The lowest BCUT2D eigenvalue weighted by Gasteiger charge is -2.35. The predicted molar refractivity (Wildman–Crippen MR) is 111 cm³/mol. The van der Waals surface area contributed by atoms with E-state index in [1.165, 1.54) is 12.8 Å². The first kappa shape index (κ1) is 19.8. The Bertz CT molecular complexity index is 970. The van der Waals surface area contributed by atoms with E-state index in [1.807, 2.05) is 27.0 Å². The second kappa shape index (κ2) is 8.06. The average molecular weight is 395 g/mol. The van der Waals surface area contributed by atoms with Gasteiger partial charge in [-0.25, -0.2) is 15.0 Å². The van der Waals surface area contributed by atoms with Gasteiger partial charge in [0.2, 0.25) is 0 Å². The van der Waals surface area contributed by atoms with Gasteiger partial charge >= 0.3 is 0 Å². The number of rotatable bonds is 5. The average Bonchev–Trinajstić information content (AvgIpc) is 3.28. The quantitative estimate of drug-likeness (QED) is 0.631. The van der Waals surface area contributed by atoms with E-state index in [-0.39, 0.29) is 6.04 Å². The van der Waals surface area contributed by atoms with Crippen LogP contribution < -0.4 is 0 Å². The molecular formula is C22H30N6O. The predicted octanol–water partition coefficient (Wildman–Crippen LogP) is 4.56. The molecule has 1 atom stereocenters. The summed E-state index contributed by atoms with van der Waals surface area (Å²) in [7, 11) is 0. The van der Waals surface area contributed by atoms with Gasteiger partial charge in [-0.15, -0.1) is 0 Å². The highest BCUT2D eigenvalue weighted by molar-refractivity contribution is 5.60. The third-order valence-electron chi connectivity index (χ3n) is 5.74. The van der Waals surface area contributed by atoms with Crippen molar-refractivity contribution in [2.75, 3.05) is 6.54 Å². The fourth-order valence-corrected chi connectivity index (χ4v) is 4.31. The fraction of sp³-hybridized carbons (Fsp3) is 0.545. The first-order valence-corrected chi connectivity index (χ1v) is 10.5. The molecule has 0 radical (unpaired) electrons. The highest BCUT2D eigenvalue weighted by Gasteiger charge is 2.28. The minimum atomic E-state index is 0.266. The highest BCUT2D eigenvalue weighted by Crippen LogP contribution is 2.33. The fourth-order valence-electron chi connectivity index (χ4n) is 4.31. The molecule has 0 saturated carbocycles. The normalized spacial score (nSPS) is 17.9. The van der Waals surface area contributed by atoms with Gasteiger partial charge in [-0.3, -0.25) is 4.90 Å². The molecular weight excluding hydrogens is 364 g/mol. The van der Waals surface area contributed by atoms with Gasteiger partial charge in [0.15, 0.2) is 5.82 Å². The summed E-state index contributed by atoms with van der Waals surface area (Å²) >= 11 is 0. The van der Waals surface area contributed by atoms with Crippen molar-refractivity contribution in [3.63, 3.8) is 0 Å². The number of hydrogen-bond donors (Lipinski definition) is 0. The maximum absolute atomic E-state index is 5.35. The van der Waals surface area contributed by atoms with Crippen molar-refractivity contribution in [3.05, 3.63) is 47.1 Å². The Morgan fingerprint density at radius 3 is 2.72 bits per heavy atom. The minimum Gasteiger partial charge on any atom is -0.361 e. The second-order valence-corrected chi connectivity index (χ2v) is 8.28. The van der Waals surface area contributed by atoms with Crippen LogP contribution in [0, 0.1) is 20.8 Å². The maximum atomic E-state index is 5.35. The summed E-state index contributed by atoms with van der Waals surface area (Å²) in [6.07, 6.45) is 7.49. The van der Waals surface area contributed by atoms with E-state index in [1.54, 1.807) is 0 Å². The molecule has 7 heteroatoms. The lowest BCUT2D eigenvalue weighted by molar-refractivity contribution is 0.131. The lowest BCUT2D eigenvalue weighted by Crippen LogP contribution is -2.34. The van der Waals surface area contributed by atoms with Crippen molar-refractivity contribution in [1.29, 1.82) is 0 Å². The number of imidazole rings is 1. The van der Waals surface area contributed by atoms with Crippen LogP contribution in [-0.4, -0.2) is 36.1 Å². The molecule has 0 aliphatic carbocycles. The number of likely N-dealkylation sites (tertiary alicyclic amines) is 1. The zero-order chi connectivity index (χ0) is 20.5. The number of piperidine rings is 1. The second-order valence-electron chi connectivity index (χ2n) is 8.28. The van der Waals surface area contributed by atoms with Crippen molar-refractivity contribution < 1.29 is 4.52 Å². The van der Waals surface area contributed by atoms with Crippen LogP contribution in [-0.2, 0) is 6.54 Å². The van der Waals surface area contributed by atoms with Gasteiger partial charge in [0.05, 0.1) is 29.5 Å². The summed E-state index contributed by atoms with van der Waals surface area (Å²) in [6.45, 7) is 12.2. The topological polar surface area (TPSA) is 72.9 Å². The largest absolute Gasteiger partial charge is 0.361 e. The number of hydrogen-bond acceptors (Lipinski definition) is 6. The molecule has 0 unspecified atom stereocenters. The summed E-state index contributed by atoms with van der Waals surface area (Å²) < 4.78 is 7.61. The molecule has 4 heterocycles. The van der Waals surface area contributed by atoms with E-state index in [2.05, 4.69) is 50.7 Å². The van der Waals surface area contributed by atoms with Gasteiger partial charge in [0.1, 0.15) is 11.6 Å². The van der Waals surface area contributed by atoms with Gasteiger partial charge in [0, 0.05) is 24.1 Å². The highest BCUT2D eigenvalue weighted by atomic mass is 16.5. The van der Waals surface area contributed by atoms with Gasteiger partial charge in [-0.2, -0.15) is 0 Å². The summed E-state index contributed by atoms with van der Waals surface area (Å²) in [5.74, 6) is 2.59. The molecule has 0 spiro atoms. The molecule has 0 amide bonds. The van der Waals surface area contributed by atoms with Crippen LogP contribution in [0.25, 0.3) is 11.4 Å². The molecule has 1 aliphatic rings. The third-order valence-corrected chi connectivity index (χ3v) is 5.74. The Balaban J connectivity index is 1.67. The number of aryl methyl sites for hydroxylation is 3. The molecule has 3 aromatic heterocycles. The number of nitrogens with zero attached hydrogens (tertiary/aromatic N) is 6. The molecule has 0 bridgehead atoms. The molecule has 29 heavy (non-hydrogen) atoms. The Morgan fingerprint density at radius 2 is 2.00 bits per heavy atom. The van der Waals surface area contributed by atoms with Crippen molar-refractivity contribution in [2.45, 2.75) is 72.5 Å². The van der Waals surface area contributed by atoms with Crippen LogP contribution in [0.1, 0.15) is 73.9 Å². The maximum Gasteiger partial charge on any atom is 0.165 e. The van der Waals surface area contributed by atoms with Gasteiger partial charge in [-0.05, 0) is 60.1 Å². The summed E-state index contributed by atoms with van der Waals surface area (Å²) in [4.78, 5) is 16.8. The lowest BCUT2D eigenvalue weighted by atomic mass is 9.98. The van der Waals surface area contributed by atoms with E-state index in [0.717, 1.165) is 53.7 Å². The van der Waals surface area contributed by atoms with Crippen LogP contribution in [0.5, 0.6) is 0 Å². The molecule has 0 aromatic carbocycles. The van der Waals surface area contributed by atoms with Crippen molar-refractivity contribution in [2.24, 2.45) is 0 Å². The van der Waals surface area contributed by atoms with E-state index in [4.69, 9.17) is 9.51 Å². The SMILES string of the molecule is Cc1cc([C@H]2CCCCN2Cc2nccn2C(C)C)nc(-c2c(C)noc2C)n1. The van der Waals surface area contributed by atoms with Gasteiger partial charge in [0.25, 0.3) is 0 Å². The number of aromatic nitrogens is 5. The van der Waals surface area contributed by atoms with Gasteiger partial charge in [-0.1, -0.05) is 11.6 Å². The van der Waals surface area contributed by atoms with Crippen molar-refractivity contribution in [1.82, 2.24) is 29.6 Å². The molecule has 1 fully saturated rings. The zero-order valence-corrected chi connectivity index (χ0v) is 18.0. The molecule has 4 rings (SSSR count). The molecule has 154 valence electrons. The summed E-state index contributed by atoms with van der Waals surface area (Å²) in [5, 5.41) is 4.08. The molecule has 1 saturated heterocycles. The van der Waals surface area contributed by atoms with Gasteiger partial charge < -0.3 is 9.09 Å². The Kier molecular flexibility index (Phi) is 5.50. The molecule has 1 aliphatic heterocycles. The van der Waals surface area contributed by atoms with Crippen LogP contribution in [0.15, 0.2) is 23.0 Å². The minimum absolute atomic E-state index is 0.266. The van der Waals surface area contributed by atoms with Crippen LogP contribution in [0.3, 0.4) is 0 Å². The summed E-state index contributed by atoms with van der Waals surface area (Å²) in [5.41, 5.74) is 3.79. The Hall–Kier alpha value is -2.54. The Morgan fingerprint density at radius 1 is 1.17 bits per heavy atom. The molecule has 0 N–H and O–H groups in total. The van der Waals surface area contributed by atoms with Crippen molar-refractivity contribution in [3.8, 4) is 11.4 Å². The van der Waals surface area contributed by atoms with Crippen LogP contribution in [0.2, 0.25) is 0 Å². The van der Waals surface area contributed by atoms with E-state index >= 15 is 0 Å². The standard InChI is InChI=1S/C22H30N6O/c1-14(2)28-11-9-23-20(28)13-27-10-7-6-8-19(27)18-12-15(3)24-22(25-18)21-16(4)26-29-17(21)5/h9,11-12,14,19H,6-8,10,13H2,1-5H3/t19-/m1/s1. The zero-order valence-electron chi connectivity index (χ0n) is 18.0. The first-order chi connectivity index (χ1) is 13.9. The third kappa shape index (κ3) is 3.96.